The number of nitrogens with one attached hydrogen (secondary N) is 1. The highest BCUT2D eigenvalue weighted by atomic mass is 19.2. The van der Waals surface area contributed by atoms with Crippen LogP contribution in [0.25, 0.3) is 33.1 Å². The molecule has 0 spiro atoms. The molecule has 0 aliphatic heterocycles. The summed E-state index contributed by atoms with van der Waals surface area (Å²) < 4.78 is 28.5. The topological polar surface area (TPSA) is 48.9 Å². The Labute approximate surface area is 148 Å². The smallest absolute Gasteiger partial charge is 0.201 e. The van der Waals surface area contributed by atoms with Crippen molar-refractivity contribution in [2.24, 2.45) is 0 Å². The second-order valence-electron chi connectivity index (χ2n) is 6.78. The Morgan fingerprint density at radius 2 is 1.73 bits per heavy atom. The predicted octanol–water partition coefficient (Wildman–Crippen LogP) is 5.25. The fraction of sp³-hybridized carbons (Fsp3) is 0.190. The van der Waals surface area contributed by atoms with Gasteiger partial charge in [0.05, 0.1) is 11.2 Å². The summed E-state index contributed by atoms with van der Waals surface area (Å²) in [6.45, 7) is 0. The van der Waals surface area contributed by atoms with Gasteiger partial charge >= 0.3 is 0 Å². The molecule has 0 radical (unpaired) electrons. The standard InChI is InChI=1S/C21H16F2N2O/c22-19-14(5-8-17(26)20(19)23)21-12-4-2-1-3-11(12)18-13-9-10-24-15(13)6-7-16(18)25-21/h5-10,24,26H,1-4H2. The zero-order valence-electron chi connectivity index (χ0n) is 13.9. The van der Waals surface area contributed by atoms with Crippen LogP contribution in [0.2, 0.25) is 0 Å². The van der Waals surface area contributed by atoms with Gasteiger partial charge in [0.1, 0.15) is 0 Å². The highest BCUT2D eigenvalue weighted by Gasteiger charge is 2.24. The molecule has 1 aliphatic rings. The Morgan fingerprint density at radius 1 is 0.923 bits per heavy atom. The molecular weight excluding hydrogens is 334 g/mol. The lowest BCUT2D eigenvalue weighted by Gasteiger charge is -2.22. The van der Waals surface area contributed by atoms with Crippen molar-refractivity contribution in [3.63, 3.8) is 0 Å². The number of hydrogen-bond acceptors (Lipinski definition) is 2. The van der Waals surface area contributed by atoms with Crippen molar-refractivity contribution >= 4 is 21.8 Å². The number of phenolic OH excluding ortho intramolecular Hbond substituents is 1. The third-order valence-corrected chi connectivity index (χ3v) is 5.32. The maximum absolute atomic E-state index is 14.5. The predicted molar refractivity (Wildman–Crippen MR) is 97.3 cm³/mol. The van der Waals surface area contributed by atoms with Gasteiger partial charge in [0.25, 0.3) is 0 Å². The molecule has 5 heteroatoms. The number of H-pyrrole nitrogens is 1. The van der Waals surface area contributed by atoms with Crippen molar-refractivity contribution < 1.29 is 13.9 Å². The van der Waals surface area contributed by atoms with E-state index in [4.69, 9.17) is 4.98 Å². The minimum absolute atomic E-state index is 0.106. The third kappa shape index (κ3) is 2.06. The molecule has 3 nitrogen and oxygen atoms in total. The van der Waals surface area contributed by atoms with E-state index in [1.54, 1.807) is 0 Å². The van der Waals surface area contributed by atoms with Crippen LogP contribution >= 0.6 is 0 Å². The van der Waals surface area contributed by atoms with Crippen molar-refractivity contribution in [1.82, 2.24) is 9.97 Å². The summed E-state index contributed by atoms with van der Waals surface area (Å²) >= 11 is 0. The molecular formula is C21H16F2N2O. The summed E-state index contributed by atoms with van der Waals surface area (Å²) in [7, 11) is 0. The van der Waals surface area contributed by atoms with Crippen LogP contribution in [0.15, 0.2) is 36.5 Å². The third-order valence-electron chi connectivity index (χ3n) is 5.32. The van der Waals surface area contributed by atoms with Gasteiger partial charge < -0.3 is 10.1 Å². The van der Waals surface area contributed by atoms with E-state index in [9.17, 15) is 13.9 Å². The van der Waals surface area contributed by atoms with Crippen LogP contribution in [-0.4, -0.2) is 15.1 Å². The molecule has 2 aromatic heterocycles. The highest BCUT2D eigenvalue weighted by molar-refractivity contribution is 6.08. The molecule has 26 heavy (non-hydrogen) atoms. The summed E-state index contributed by atoms with van der Waals surface area (Å²) in [5.41, 5.74) is 4.58. The SMILES string of the molecule is Oc1ccc(-c2nc3ccc4[nH]ccc4c3c3c2CCCC3)c(F)c1F. The molecule has 0 atom stereocenters. The number of phenols is 1. The number of pyridine rings is 1. The average molecular weight is 350 g/mol. The molecule has 0 bridgehead atoms. The van der Waals surface area contributed by atoms with Gasteiger partial charge in [-0.1, -0.05) is 0 Å². The number of halogens is 2. The molecule has 2 aromatic carbocycles. The first kappa shape index (κ1) is 15.3. The summed E-state index contributed by atoms with van der Waals surface area (Å²) in [4.78, 5) is 7.94. The molecule has 5 rings (SSSR count). The molecule has 130 valence electrons. The molecule has 4 aromatic rings. The van der Waals surface area contributed by atoms with Gasteiger partial charge in [0.2, 0.25) is 5.82 Å². The number of hydrogen-bond donors (Lipinski definition) is 2. The number of aromatic hydroxyl groups is 1. The first-order chi connectivity index (χ1) is 12.6. The Morgan fingerprint density at radius 3 is 2.58 bits per heavy atom. The Bertz CT molecular complexity index is 1180. The van der Waals surface area contributed by atoms with E-state index in [0.29, 0.717) is 5.69 Å². The molecule has 2 N–H and O–H groups in total. The maximum Gasteiger partial charge on any atom is 0.201 e. The molecule has 2 heterocycles. The average Bonchev–Trinajstić information content (AvgIpc) is 3.14. The monoisotopic (exact) mass is 350 g/mol. The second-order valence-corrected chi connectivity index (χ2v) is 6.78. The van der Waals surface area contributed by atoms with Gasteiger partial charge in [-0.3, -0.25) is 0 Å². The summed E-state index contributed by atoms with van der Waals surface area (Å²) in [6.07, 6.45) is 5.66. The van der Waals surface area contributed by atoms with Crippen molar-refractivity contribution in [1.29, 1.82) is 0 Å². The fourth-order valence-electron chi connectivity index (χ4n) is 4.11. The van der Waals surface area contributed by atoms with Gasteiger partial charge in [-0.25, -0.2) is 9.37 Å². The zero-order valence-corrected chi connectivity index (χ0v) is 13.9. The van der Waals surface area contributed by atoms with E-state index in [0.717, 1.165) is 53.1 Å². The van der Waals surface area contributed by atoms with Gasteiger partial charge in [-0.05, 0) is 67.1 Å². The molecule has 0 saturated carbocycles. The van der Waals surface area contributed by atoms with Crippen LogP contribution in [0.4, 0.5) is 8.78 Å². The van der Waals surface area contributed by atoms with Gasteiger partial charge in [-0.15, -0.1) is 0 Å². The Hall–Kier alpha value is -2.95. The number of aryl methyl sites for hydroxylation is 1. The van der Waals surface area contributed by atoms with E-state index >= 15 is 0 Å². The minimum Gasteiger partial charge on any atom is -0.505 e. The van der Waals surface area contributed by atoms with Crippen molar-refractivity contribution in [2.75, 3.05) is 0 Å². The number of aromatic nitrogens is 2. The minimum atomic E-state index is -1.23. The Balaban J connectivity index is 1.90. The molecule has 0 unspecified atom stereocenters. The van der Waals surface area contributed by atoms with Gasteiger partial charge in [0.15, 0.2) is 11.6 Å². The largest absolute Gasteiger partial charge is 0.505 e. The van der Waals surface area contributed by atoms with Crippen LogP contribution in [0.3, 0.4) is 0 Å². The van der Waals surface area contributed by atoms with Crippen LogP contribution in [0.5, 0.6) is 5.75 Å². The normalized spacial score (nSPS) is 14.1. The lowest BCUT2D eigenvalue weighted by Crippen LogP contribution is -2.08. The highest BCUT2D eigenvalue weighted by Crippen LogP contribution is 2.39. The van der Waals surface area contributed by atoms with Crippen molar-refractivity contribution in [3.8, 4) is 17.0 Å². The van der Waals surface area contributed by atoms with Crippen LogP contribution in [0.1, 0.15) is 24.0 Å². The van der Waals surface area contributed by atoms with Gasteiger partial charge in [0, 0.05) is 28.0 Å². The number of aromatic amines is 1. The first-order valence-electron chi connectivity index (χ1n) is 8.74. The van der Waals surface area contributed by atoms with E-state index in [-0.39, 0.29) is 5.56 Å². The summed E-state index contributed by atoms with van der Waals surface area (Å²) in [6, 6.07) is 8.50. The van der Waals surface area contributed by atoms with E-state index in [1.165, 1.54) is 17.7 Å². The number of fused-ring (bicyclic) bond motifs is 5. The number of nitrogens with zero attached hydrogens (tertiary/aromatic N) is 1. The number of rotatable bonds is 1. The lowest BCUT2D eigenvalue weighted by molar-refractivity contribution is 0.408. The van der Waals surface area contributed by atoms with Gasteiger partial charge in [-0.2, -0.15) is 4.39 Å². The maximum atomic E-state index is 14.5. The van der Waals surface area contributed by atoms with Crippen LogP contribution in [0, 0.1) is 11.6 Å². The van der Waals surface area contributed by atoms with Crippen LogP contribution < -0.4 is 0 Å². The van der Waals surface area contributed by atoms with Crippen molar-refractivity contribution in [3.05, 3.63) is 59.3 Å². The number of benzene rings is 2. The second kappa shape index (κ2) is 5.53. The van der Waals surface area contributed by atoms with E-state index in [2.05, 4.69) is 4.98 Å². The zero-order chi connectivity index (χ0) is 17.8. The lowest BCUT2D eigenvalue weighted by atomic mass is 9.85. The van der Waals surface area contributed by atoms with Crippen LogP contribution in [-0.2, 0) is 12.8 Å². The first-order valence-corrected chi connectivity index (χ1v) is 8.74. The Kier molecular flexibility index (Phi) is 3.26. The van der Waals surface area contributed by atoms with E-state index < -0.39 is 17.4 Å². The molecule has 0 amide bonds. The molecule has 0 fully saturated rings. The van der Waals surface area contributed by atoms with Crippen molar-refractivity contribution in [2.45, 2.75) is 25.7 Å². The molecule has 0 saturated heterocycles. The fourth-order valence-corrected chi connectivity index (χ4v) is 4.11. The summed E-state index contributed by atoms with van der Waals surface area (Å²) in [5, 5.41) is 11.6. The van der Waals surface area contributed by atoms with E-state index in [1.807, 2.05) is 24.4 Å². The summed E-state index contributed by atoms with van der Waals surface area (Å²) in [5.74, 6) is -2.96. The molecule has 1 aliphatic carbocycles. The quantitative estimate of drug-likeness (QED) is 0.493.